The van der Waals surface area contributed by atoms with E-state index < -0.39 is 10.9 Å². The molecule has 0 unspecified atom stereocenters. The molecule has 38 heavy (non-hydrogen) atoms. The molecule has 1 heterocycles. The summed E-state index contributed by atoms with van der Waals surface area (Å²) < 4.78 is 10.5. The van der Waals surface area contributed by atoms with E-state index in [9.17, 15) is 20.0 Å². The number of rotatable bonds is 10. The third-order valence-corrected chi connectivity index (χ3v) is 7.22. The summed E-state index contributed by atoms with van der Waals surface area (Å²) in [5.41, 5.74) is 0.821. The summed E-state index contributed by atoms with van der Waals surface area (Å²) in [6.07, 6.45) is 1.33. The fourth-order valence-electron chi connectivity index (χ4n) is 3.23. The van der Waals surface area contributed by atoms with Crippen LogP contribution in [0.4, 0.5) is 5.69 Å². The third kappa shape index (κ3) is 6.65. The molecule has 0 spiro atoms. The molecule has 2 N–H and O–H groups in total. The van der Waals surface area contributed by atoms with E-state index in [0.717, 1.165) is 16.7 Å². The van der Waals surface area contributed by atoms with Crippen molar-refractivity contribution in [2.45, 2.75) is 14.9 Å². The number of methoxy groups -OCH3 is 2. The van der Waals surface area contributed by atoms with Crippen LogP contribution in [-0.4, -0.2) is 45.4 Å². The highest BCUT2D eigenvalue weighted by Crippen LogP contribution is 2.37. The summed E-state index contributed by atoms with van der Waals surface area (Å²) in [7, 11) is 3.05. The number of ether oxygens (including phenoxy) is 2. The molecule has 4 rings (SSSR count). The van der Waals surface area contributed by atoms with Crippen molar-refractivity contribution in [1.82, 2.24) is 15.2 Å². The minimum atomic E-state index is -1.23. The minimum Gasteiger partial charge on any atom is -0.497 e. The number of nitro groups is 1. The average Bonchev–Trinajstić information content (AvgIpc) is 3.38. The van der Waals surface area contributed by atoms with Gasteiger partial charge in [-0.05, 0) is 65.9 Å². The van der Waals surface area contributed by atoms with Gasteiger partial charge in [-0.25, -0.2) is 9.78 Å². The zero-order chi connectivity index (χ0) is 27.2. The number of nitrogens with zero attached hydrogens (tertiary/aromatic N) is 3. The summed E-state index contributed by atoms with van der Waals surface area (Å²) in [6, 6.07) is 16.6. The molecule has 0 atom stereocenters. The number of halogens is 1. The Balaban J connectivity index is 1.59. The lowest BCUT2D eigenvalue weighted by Crippen LogP contribution is -1.98. The molecule has 0 radical (unpaired) electrons. The molecule has 13 heteroatoms. The van der Waals surface area contributed by atoms with Crippen LogP contribution in [0.2, 0.25) is 5.02 Å². The van der Waals surface area contributed by atoms with Crippen molar-refractivity contribution in [1.29, 1.82) is 0 Å². The van der Waals surface area contributed by atoms with Crippen LogP contribution in [0.1, 0.15) is 5.56 Å². The zero-order valence-corrected chi connectivity index (χ0v) is 22.3. The van der Waals surface area contributed by atoms with E-state index in [4.69, 9.17) is 21.1 Å². The number of hydrogen-bond donors (Lipinski definition) is 2. The van der Waals surface area contributed by atoms with Crippen molar-refractivity contribution in [2.24, 2.45) is 0 Å². The topological polar surface area (TPSA) is 140 Å². The standard InChI is InChI=1S/C25H19ClN4O6S2/c1-35-17-11-15(12-18(13-17)36-2)23-27-25(29-28-23)38-22(24(31)32)10-14-3-8-21(20(9-14)30(33)34)37-19-6-4-16(26)5-7-19/h3-13H,1-2H3,(H,31,32)(H,27,28,29)/b22-10+. The molecule has 3 aromatic carbocycles. The number of nitro benzene ring substituents is 1. The zero-order valence-electron chi connectivity index (χ0n) is 19.9. The van der Waals surface area contributed by atoms with E-state index in [-0.39, 0.29) is 15.7 Å². The normalized spacial score (nSPS) is 11.3. The molecule has 0 saturated carbocycles. The lowest BCUT2D eigenvalue weighted by Gasteiger charge is -2.06. The molecule has 0 aliphatic rings. The summed E-state index contributed by atoms with van der Waals surface area (Å²) in [6.45, 7) is 0. The number of carbonyl (C=O) groups is 1. The molecule has 0 aliphatic heterocycles. The van der Waals surface area contributed by atoms with E-state index in [0.29, 0.717) is 38.4 Å². The van der Waals surface area contributed by atoms with Gasteiger partial charge >= 0.3 is 5.97 Å². The first-order valence-electron chi connectivity index (χ1n) is 10.8. The highest BCUT2D eigenvalue weighted by atomic mass is 35.5. The van der Waals surface area contributed by atoms with Gasteiger partial charge in [-0.1, -0.05) is 29.4 Å². The van der Waals surface area contributed by atoms with Crippen molar-refractivity contribution in [3.63, 3.8) is 0 Å². The van der Waals surface area contributed by atoms with Crippen LogP contribution < -0.4 is 9.47 Å². The van der Waals surface area contributed by atoms with E-state index in [1.165, 1.54) is 38.1 Å². The van der Waals surface area contributed by atoms with Crippen LogP contribution in [0.15, 0.2) is 80.5 Å². The lowest BCUT2D eigenvalue weighted by molar-refractivity contribution is -0.387. The molecular weight excluding hydrogens is 552 g/mol. The van der Waals surface area contributed by atoms with Crippen LogP contribution in [-0.2, 0) is 4.79 Å². The Morgan fingerprint density at radius 1 is 1.08 bits per heavy atom. The van der Waals surface area contributed by atoms with Crippen LogP contribution in [0.3, 0.4) is 0 Å². The molecule has 0 fully saturated rings. The quantitative estimate of drug-likeness (QED) is 0.0949. The number of thioether (sulfide) groups is 1. The van der Waals surface area contributed by atoms with Gasteiger partial charge in [-0.2, -0.15) is 0 Å². The molecule has 10 nitrogen and oxygen atoms in total. The second-order valence-corrected chi connectivity index (χ2v) is 10.1. The van der Waals surface area contributed by atoms with E-state index in [1.54, 1.807) is 54.6 Å². The van der Waals surface area contributed by atoms with Gasteiger partial charge in [-0.15, -0.1) is 5.10 Å². The van der Waals surface area contributed by atoms with Gasteiger partial charge < -0.3 is 14.6 Å². The fraction of sp³-hybridized carbons (Fsp3) is 0.0800. The average molecular weight is 571 g/mol. The summed E-state index contributed by atoms with van der Waals surface area (Å²) in [4.78, 5) is 28.6. The first-order valence-corrected chi connectivity index (χ1v) is 12.8. The van der Waals surface area contributed by atoms with Gasteiger partial charge in [0, 0.05) is 27.6 Å². The monoisotopic (exact) mass is 570 g/mol. The van der Waals surface area contributed by atoms with Crippen LogP contribution in [0, 0.1) is 10.1 Å². The molecule has 0 aliphatic carbocycles. The summed E-state index contributed by atoms with van der Waals surface area (Å²) in [5, 5.41) is 29.1. The number of benzene rings is 3. The highest BCUT2D eigenvalue weighted by Gasteiger charge is 2.19. The van der Waals surface area contributed by atoms with Gasteiger partial charge in [0.05, 0.1) is 24.0 Å². The maximum Gasteiger partial charge on any atom is 0.342 e. The van der Waals surface area contributed by atoms with Gasteiger partial charge in [0.2, 0.25) is 5.16 Å². The van der Waals surface area contributed by atoms with Crippen molar-refractivity contribution in [2.75, 3.05) is 14.2 Å². The maximum absolute atomic E-state index is 12.0. The van der Waals surface area contributed by atoms with Gasteiger partial charge in [0.25, 0.3) is 5.69 Å². The second-order valence-electron chi connectivity index (χ2n) is 7.52. The predicted molar refractivity (Wildman–Crippen MR) is 145 cm³/mol. The first kappa shape index (κ1) is 27.0. The van der Waals surface area contributed by atoms with Crippen molar-refractivity contribution < 1.29 is 24.3 Å². The number of aliphatic carboxylic acids is 1. The van der Waals surface area contributed by atoms with Crippen LogP contribution in [0.25, 0.3) is 17.5 Å². The Labute approximate surface area is 230 Å². The number of hydrogen-bond acceptors (Lipinski definition) is 9. The Morgan fingerprint density at radius 2 is 1.76 bits per heavy atom. The molecule has 1 aromatic heterocycles. The largest absolute Gasteiger partial charge is 0.497 e. The van der Waals surface area contributed by atoms with E-state index >= 15 is 0 Å². The Morgan fingerprint density at radius 3 is 2.37 bits per heavy atom. The van der Waals surface area contributed by atoms with Gasteiger partial charge in [0.15, 0.2) is 5.82 Å². The van der Waals surface area contributed by atoms with E-state index in [2.05, 4.69) is 15.2 Å². The predicted octanol–water partition coefficient (Wildman–Crippen LogP) is 6.42. The van der Waals surface area contributed by atoms with Gasteiger partial charge in [0.1, 0.15) is 16.4 Å². The highest BCUT2D eigenvalue weighted by molar-refractivity contribution is 8.04. The first-order chi connectivity index (χ1) is 18.2. The van der Waals surface area contributed by atoms with Crippen LogP contribution in [0.5, 0.6) is 11.5 Å². The third-order valence-electron chi connectivity index (χ3n) is 5.02. The van der Waals surface area contributed by atoms with Crippen molar-refractivity contribution in [3.8, 4) is 22.9 Å². The Bertz CT molecular complexity index is 1500. The molecule has 194 valence electrons. The van der Waals surface area contributed by atoms with Gasteiger partial charge in [-0.3, -0.25) is 15.2 Å². The summed E-state index contributed by atoms with van der Waals surface area (Å²) >= 11 is 7.93. The number of H-pyrrole nitrogens is 1. The van der Waals surface area contributed by atoms with Crippen molar-refractivity contribution >= 4 is 52.9 Å². The molecular formula is C25H19ClN4O6S2. The fourth-order valence-corrected chi connectivity index (χ4v) is 4.97. The SMILES string of the molecule is COc1cc(OC)cc(-c2nc(S/C(=C/c3ccc(Sc4ccc(Cl)cc4)c([N+](=O)[O-])c3)C(=O)O)n[nH]2)c1. The molecule has 4 aromatic rings. The molecule has 0 bridgehead atoms. The molecule has 0 amide bonds. The Kier molecular flexibility index (Phi) is 8.56. The van der Waals surface area contributed by atoms with Crippen LogP contribution >= 0.6 is 35.1 Å². The Hall–Kier alpha value is -4.00. The smallest absolute Gasteiger partial charge is 0.342 e. The second kappa shape index (κ2) is 12.0. The number of carboxylic acids is 1. The summed E-state index contributed by atoms with van der Waals surface area (Å²) in [5.74, 6) is 0.256. The van der Waals surface area contributed by atoms with Crippen molar-refractivity contribution in [3.05, 3.63) is 86.3 Å². The number of carboxylic acid groups (broad SMARTS) is 1. The lowest BCUT2D eigenvalue weighted by atomic mass is 10.2. The minimum absolute atomic E-state index is 0.119. The number of nitrogens with one attached hydrogen (secondary N) is 1. The maximum atomic E-state index is 12.0. The van der Waals surface area contributed by atoms with E-state index in [1.807, 2.05) is 0 Å². The number of aromatic nitrogens is 3. The number of aromatic amines is 1. The molecule has 0 saturated heterocycles.